The van der Waals surface area contributed by atoms with Gasteiger partial charge in [0.1, 0.15) is 6.10 Å². The molecule has 0 N–H and O–H groups in total. The third-order valence-corrected chi connectivity index (χ3v) is 5.30. The van der Waals surface area contributed by atoms with Gasteiger partial charge in [0.25, 0.3) is 0 Å². The molecule has 1 unspecified atom stereocenters. The summed E-state index contributed by atoms with van der Waals surface area (Å²) >= 11 is 0. The highest BCUT2D eigenvalue weighted by Gasteiger charge is 2.20. The molecule has 0 heterocycles. The number of hydrogen-bond acceptors (Lipinski definition) is 5. The Labute approximate surface area is 194 Å². The lowest BCUT2D eigenvalue weighted by Gasteiger charge is -2.19. The van der Waals surface area contributed by atoms with Crippen molar-refractivity contribution in [3.05, 3.63) is 107 Å². The lowest BCUT2D eigenvalue weighted by Crippen LogP contribution is -2.15. The quantitative estimate of drug-likeness (QED) is 0.330. The maximum Gasteiger partial charge on any atom is 0.346 e. The second-order valence-electron chi connectivity index (χ2n) is 8.80. The molecule has 0 saturated heterocycles. The number of hydrogen-bond donors (Lipinski definition) is 0. The van der Waals surface area contributed by atoms with E-state index in [1.165, 1.54) is 0 Å². The minimum Gasteiger partial charge on any atom is -0.454 e. The van der Waals surface area contributed by atoms with Gasteiger partial charge in [0, 0.05) is 0 Å². The molecule has 0 radical (unpaired) electrons. The van der Waals surface area contributed by atoms with Crippen LogP contribution in [0.3, 0.4) is 0 Å². The van der Waals surface area contributed by atoms with Gasteiger partial charge in [0.05, 0.1) is 16.7 Å². The van der Waals surface area contributed by atoms with Crippen LogP contribution in [0.15, 0.2) is 78.9 Å². The topological polar surface area (TPSA) is 69.7 Å². The fraction of sp³-hybridized carbons (Fsp3) is 0.250. The average molecular weight is 445 g/mol. The number of ether oxygens (including phenoxy) is 2. The van der Waals surface area contributed by atoms with Crippen molar-refractivity contribution >= 4 is 17.9 Å². The zero-order chi connectivity index (χ0) is 24.0. The van der Waals surface area contributed by atoms with Crippen molar-refractivity contribution in [3.63, 3.8) is 0 Å². The molecular weight excluding hydrogens is 416 g/mol. The highest BCUT2D eigenvalue weighted by atomic mass is 16.6. The Balaban J connectivity index is 1.70. The Morgan fingerprint density at radius 2 is 1.30 bits per heavy atom. The van der Waals surface area contributed by atoms with Crippen molar-refractivity contribution in [2.45, 2.75) is 45.6 Å². The van der Waals surface area contributed by atoms with Gasteiger partial charge in [-0.15, -0.1) is 0 Å². The third kappa shape index (κ3) is 6.16. The maximum absolute atomic E-state index is 12.6. The number of esters is 3. The van der Waals surface area contributed by atoms with Gasteiger partial charge < -0.3 is 9.47 Å². The van der Waals surface area contributed by atoms with E-state index in [0.717, 1.165) is 5.56 Å². The van der Waals surface area contributed by atoms with E-state index < -0.39 is 24.0 Å². The van der Waals surface area contributed by atoms with Crippen LogP contribution in [0.2, 0.25) is 0 Å². The summed E-state index contributed by atoms with van der Waals surface area (Å²) in [5, 5.41) is 0. The van der Waals surface area contributed by atoms with Crippen LogP contribution in [0.1, 0.15) is 82.4 Å². The first-order valence-corrected chi connectivity index (χ1v) is 10.9. The Morgan fingerprint density at radius 3 is 1.91 bits per heavy atom. The van der Waals surface area contributed by atoms with Crippen molar-refractivity contribution in [1.82, 2.24) is 0 Å². The molecule has 0 saturated carbocycles. The molecule has 0 aliphatic carbocycles. The van der Waals surface area contributed by atoms with Crippen LogP contribution in [-0.4, -0.2) is 17.9 Å². The van der Waals surface area contributed by atoms with Gasteiger partial charge in [-0.2, -0.15) is 0 Å². The summed E-state index contributed by atoms with van der Waals surface area (Å²) < 4.78 is 10.7. The van der Waals surface area contributed by atoms with Gasteiger partial charge in [0.15, 0.2) is 0 Å². The van der Waals surface area contributed by atoms with E-state index in [9.17, 15) is 14.4 Å². The van der Waals surface area contributed by atoms with E-state index in [0.29, 0.717) is 23.1 Å². The highest BCUT2D eigenvalue weighted by molar-refractivity contribution is 6.02. The van der Waals surface area contributed by atoms with Gasteiger partial charge in [-0.05, 0) is 59.4 Å². The van der Waals surface area contributed by atoms with Gasteiger partial charge in [-0.3, -0.25) is 0 Å². The number of carbonyl (C=O) groups is 3. The second-order valence-corrected chi connectivity index (χ2v) is 8.80. The van der Waals surface area contributed by atoms with E-state index in [4.69, 9.17) is 9.47 Å². The first kappa shape index (κ1) is 23.9. The van der Waals surface area contributed by atoms with Crippen molar-refractivity contribution in [2.24, 2.45) is 0 Å². The van der Waals surface area contributed by atoms with Crippen LogP contribution in [0, 0.1) is 0 Å². The Hall–Kier alpha value is -3.73. The van der Waals surface area contributed by atoms with Crippen LogP contribution >= 0.6 is 0 Å². The molecule has 170 valence electrons. The van der Waals surface area contributed by atoms with Crippen LogP contribution in [0.4, 0.5) is 0 Å². The molecule has 0 aromatic heterocycles. The Kier molecular flexibility index (Phi) is 7.44. The predicted molar refractivity (Wildman–Crippen MR) is 126 cm³/mol. The smallest absolute Gasteiger partial charge is 0.346 e. The summed E-state index contributed by atoms with van der Waals surface area (Å²) in [7, 11) is 0. The van der Waals surface area contributed by atoms with Crippen LogP contribution in [-0.2, 0) is 14.9 Å². The predicted octanol–water partition coefficient (Wildman–Crippen LogP) is 6.29. The van der Waals surface area contributed by atoms with E-state index in [-0.39, 0.29) is 11.0 Å². The molecule has 0 spiro atoms. The van der Waals surface area contributed by atoms with Crippen molar-refractivity contribution in [2.75, 3.05) is 0 Å². The molecule has 0 fully saturated rings. The van der Waals surface area contributed by atoms with E-state index in [1.807, 2.05) is 25.1 Å². The summed E-state index contributed by atoms with van der Waals surface area (Å²) in [5.74, 6) is -1.91. The van der Waals surface area contributed by atoms with Crippen molar-refractivity contribution in [1.29, 1.82) is 0 Å². The van der Waals surface area contributed by atoms with Gasteiger partial charge in [-0.25, -0.2) is 14.4 Å². The molecule has 1 atom stereocenters. The molecule has 0 aliphatic rings. The normalized spacial score (nSPS) is 12.0. The minimum atomic E-state index is -0.758. The van der Waals surface area contributed by atoms with Gasteiger partial charge in [-0.1, -0.05) is 70.2 Å². The zero-order valence-electron chi connectivity index (χ0n) is 19.3. The van der Waals surface area contributed by atoms with E-state index >= 15 is 0 Å². The maximum atomic E-state index is 12.6. The zero-order valence-corrected chi connectivity index (χ0v) is 19.3. The SMILES string of the molecule is CCC(OC(=O)c1ccccc1)c1cccc(C(=O)OC(=O)c2ccc(C(C)(C)C)cc2)c1. The molecule has 33 heavy (non-hydrogen) atoms. The summed E-state index contributed by atoms with van der Waals surface area (Å²) in [6, 6.07) is 22.3. The summed E-state index contributed by atoms with van der Waals surface area (Å²) in [4.78, 5) is 37.5. The molecule has 3 rings (SSSR count). The Morgan fingerprint density at radius 1 is 0.727 bits per heavy atom. The monoisotopic (exact) mass is 444 g/mol. The first-order valence-electron chi connectivity index (χ1n) is 10.9. The summed E-state index contributed by atoms with van der Waals surface area (Å²) in [5.41, 5.74) is 2.65. The fourth-order valence-electron chi connectivity index (χ4n) is 3.33. The molecule has 0 aliphatic heterocycles. The van der Waals surface area contributed by atoms with Crippen molar-refractivity contribution in [3.8, 4) is 0 Å². The first-order chi connectivity index (χ1) is 15.7. The summed E-state index contributed by atoms with van der Waals surface area (Å²) in [6.45, 7) is 8.13. The molecule has 3 aromatic rings. The molecule has 3 aromatic carbocycles. The van der Waals surface area contributed by atoms with E-state index in [1.54, 1.807) is 60.7 Å². The largest absolute Gasteiger partial charge is 0.454 e. The lowest BCUT2D eigenvalue weighted by atomic mass is 9.87. The third-order valence-electron chi connectivity index (χ3n) is 5.30. The molecule has 0 amide bonds. The molecule has 5 nitrogen and oxygen atoms in total. The van der Waals surface area contributed by atoms with Crippen molar-refractivity contribution < 1.29 is 23.9 Å². The molecule has 5 heteroatoms. The second kappa shape index (κ2) is 10.3. The molecular formula is C28H28O5. The number of carbonyl (C=O) groups excluding carboxylic acids is 3. The summed E-state index contributed by atoms with van der Waals surface area (Å²) in [6.07, 6.45) is -0.0121. The van der Waals surface area contributed by atoms with Gasteiger partial charge >= 0.3 is 17.9 Å². The van der Waals surface area contributed by atoms with Crippen LogP contribution in [0.5, 0.6) is 0 Å². The number of rotatable bonds is 6. The Bertz CT molecular complexity index is 1120. The molecule has 0 bridgehead atoms. The van der Waals surface area contributed by atoms with E-state index in [2.05, 4.69) is 20.8 Å². The van der Waals surface area contributed by atoms with Gasteiger partial charge in [0.2, 0.25) is 0 Å². The van der Waals surface area contributed by atoms with Crippen LogP contribution < -0.4 is 0 Å². The highest BCUT2D eigenvalue weighted by Crippen LogP contribution is 2.25. The average Bonchev–Trinajstić information content (AvgIpc) is 2.82. The lowest BCUT2D eigenvalue weighted by molar-refractivity contribution is 0.0287. The standard InChI is InChI=1S/C28H28O5/c1-5-24(32-25(29)19-10-7-6-8-11-19)21-12-9-13-22(18-21)27(31)33-26(30)20-14-16-23(17-15-20)28(2,3)4/h6-18,24H,5H2,1-4H3. The minimum absolute atomic E-state index is 0.0432. The van der Waals surface area contributed by atoms with Crippen LogP contribution in [0.25, 0.3) is 0 Å². The number of benzene rings is 3. The fourth-order valence-corrected chi connectivity index (χ4v) is 3.33.